The van der Waals surface area contributed by atoms with Gasteiger partial charge in [0.25, 0.3) is 0 Å². The van der Waals surface area contributed by atoms with Crippen LogP contribution < -0.4 is 5.32 Å². The Bertz CT molecular complexity index is 587. The summed E-state index contributed by atoms with van der Waals surface area (Å²) >= 11 is 0. The molecule has 4 nitrogen and oxygen atoms in total. The molecule has 0 radical (unpaired) electrons. The highest BCUT2D eigenvalue weighted by Crippen LogP contribution is 2.20. The molecule has 0 spiro atoms. The van der Waals surface area contributed by atoms with Crippen molar-refractivity contribution in [1.29, 1.82) is 0 Å². The van der Waals surface area contributed by atoms with E-state index >= 15 is 0 Å². The average molecular weight is 274 g/mol. The maximum atomic E-state index is 11.5. The number of nitrogens with one attached hydrogen (secondary N) is 1. The third-order valence-corrected chi connectivity index (χ3v) is 3.27. The Hall–Kier alpha value is -1.81. The molecule has 0 saturated carbocycles. The predicted molar refractivity (Wildman–Crippen MR) is 80.5 cm³/mol. The smallest absolute Gasteiger partial charge is 0.325 e. The molecular formula is C16H22N2O2. The number of para-hydroxylation sites is 1. The minimum Gasteiger partial charge on any atom is -0.468 e. The third kappa shape index (κ3) is 3.39. The van der Waals surface area contributed by atoms with Crippen LogP contribution in [0.25, 0.3) is 10.9 Å². The van der Waals surface area contributed by atoms with Gasteiger partial charge in [-0.05, 0) is 29.5 Å². The highest BCUT2D eigenvalue weighted by molar-refractivity contribution is 5.84. The molecule has 20 heavy (non-hydrogen) atoms. The van der Waals surface area contributed by atoms with Crippen LogP contribution in [-0.2, 0) is 22.6 Å². The quantitative estimate of drug-likeness (QED) is 0.823. The topological polar surface area (TPSA) is 43.3 Å². The summed E-state index contributed by atoms with van der Waals surface area (Å²) in [5.41, 5.74) is 2.31. The molecule has 0 aliphatic rings. The molecule has 0 amide bonds. The molecule has 1 heterocycles. The number of aromatic nitrogens is 1. The van der Waals surface area contributed by atoms with Gasteiger partial charge in [-0.15, -0.1) is 0 Å². The summed E-state index contributed by atoms with van der Waals surface area (Å²) in [6.07, 6.45) is 1.94. The number of ether oxygens (including phenoxy) is 1. The van der Waals surface area contributed by atoms with Crippen LogP contribution >= 0.6 is 0 Å². The summed E-state index contributed by atoms with van der Waals surface area (Å²) in [7, 11) is 1.42. The molecule has 1 N–H and O–H groups in total. The minimum atomic E-state index is -0.229. The number of hydrogen-bond donors (Lipinski definition) is 1. The Morgan fingerprint density at radius 2 is 2.15 bits per heavy atom. The zero-order chi connectivity index (χ0) is 14.5. The number of methoxy groups -OCH3 is 1. The van der Waals surface area contributed by atoms with Gasteiger partial charge in [-0.2, -0.15) is 0 Å². The number of nitrogens with zero attached hydrogens (tertiary/aromatic N) is 1. The van der Waals surface area contributed by atoms with E-state index in [-0.39, 0.29) is 12.5 Å². The van der Waals surface area contributed by atoms with Gasteiger partial charge in [-0.3, -0.25) is 4.79 Å². The highest BCUT2D eigenvalue weighted by atomic mass is 16.5. The molecule has 2 rings (SSSR count). The van der Waals surface area contributed by atoms with Gasteiger partial charge in [0, 0.05) is 12.7 Å². The van der Waals surface area contributed by atoms with Crippen LogP contribution in [0, 0.1) is 5.92 Å². The average Bonchev–Trinajstić information content (AvgIpc) is 2.82. The van der Waals surface area contributed by atoms with Gasteiger partial charge >= 0.3 is 5.97 Å². The number of esters is 1. The Kier molecular flexibility index (Phi) is 4.79. The maximum absolute atomic E-state index is 11.5. The third-order valence-electron chi connectivity index (χ3n) is 3.27. The summed E-state index contributed by atoms with van der Waals surface area (Å²) in [4.78, 5) is 11.5. The van der Waals surface area contributed by atoms with Crippen molar-refractivity contribution in [2.24, 2.45) is 5.92 Å². The number of carbonyl (C=O) groups is 1. The standard InChI is InChI=1S/C16H22N2O2/c1-12(2)9-17-10-14-6-4-5-13-7-8-18(16(13)14)11-15(19)20-3/h4-8,12,17H,9-11H2,1-3H3. The number of hydrogen-bond acceptors (Lipinski definition) is 3. The maximum Gasteiger partial charge on any atom is 0.325 e. The summed E-state index contributed by atoms with van der Waals surface area (Å²) in [5.74, 6) is 0.392. The Morgan fingerprint density at radius 3 is 2.85 bits per heavy atom. The molecule has 1 aromatic carbocycles. The van der Waals surface area contributed by atoms with E-state index in [0.717, 1.165) is 24.0 Å². The first-order chi connectivity index (χ1) is 9.61. The van der Waals surface area contributed by atoms with Crippen molar-refractivity contribution >= 4 is 16.9 Å². The van der Waals surface area contributed by atoms with E-state index in [1.165, 1.54) is 12.7 Å². The first kappa shape index (κ1) is 14.6. The summed E-state index contributed by atoms with van der Waals surface area (Å²) in [5, 5.41) is 4.60. The van der Waals surface area contributed by atoms with Gasteiger partial charge in [0.15, 0.2) is 0 Å². The second kappa shape index (κ2) is 6.57. The van der Waals surface area contributed by atoms with Crippen molar-refractivity contribution < 1.29 is 9.53 Å². The molecule has 108 valence electrons. The van der Waals surface area contributed by atoms with E-state index in [1.807, 2.05) is 16.8 Å². The molecule has 0 aliphatic carbocycles. The van der Waals surface area contributed by atoms with Gasteiger partial charge in [0.2, 0.25) is 0 Å². The lowest BCUT2D eigenvalue weighted by Crippen LogP contribution is -2.19. The SMILES string of the molecule is COC(=O)Cn1ccc2cccc(CNCC(C)C)c21. The van der Waals surface area contributed by atoms with Crippen molar-refractivity contribution in [3.63, 3.8) is 0 Å². The van der Waals surface area contributed by atoms with Crippen molar-refractivity contribution in [2.45, 2.75) is 26.9 Å². The van der Waals surface area contributed by atoms with Crippen LogP contribution in [0.15, 0.2) is 30.5 Å². The van der Waals surface area contributed by atoms with E-state index in [2.05, 4.69) is 37.4 Å². The lowest BCUT2D eigenvalue weighted by molar-refractivity contribution is -0.141. The van der Waals surface area contributed by atoms with Crippen LogP contribution in [0.1, 0.15) is 19.4 Å². The van der Waals surface area contributed by atoms with Crippen molar-refractivity contribution in [3.05, 3.63) is 36.0 Å². The van der Waals surface area contributed by atoms with Gasteiger partial charge < -0.3 is 14.6 Å². The zero-order valence-electron chi connectivity index (χ0n) is 12.3. The van der Waals surface area contributed by atoms with E-state index in [0.29, 0.717) is 5.92 Å². The van der Waals surface area contributed by atoms with E-state index in [1.54, 1.807) is 0 Å². The Balaban J connectivity index is 2.24. The number of fused-ring (bicyclic) bond motifs is 1. The summed E-state index contributed by atoms with van der Waals surface area (Å²) < 4.78 is 6.70. The Morgan fingerprint density at radius 1 is 1.35 bits per heavy atom. The molecule has 4 heteroatoms. The molecule has 0 saturated heterocycles. The predicted octanol–water partition coefficient (Wildman–Crippen LogP) is 2.56. The zero-order valence-corrected chi connectivity index (χ0v) is 12.3. The van der Waals surface area contributed by atoms with Crippen LogP contribution in [0.2, 0.25) is 0 Å². The normalized spacial score (nSPS) is 11.2. The second-order valence-corrected chi connectivity index (χ2v) is 5.40. The fraction of sp³-hybridized carbons (Fsp3) is 0.438. The summed E-state index contributed by atoms with van der Waals surface area (Å²) in [6, 6.07) is 8.25. The van der Waals surface area contributed by atoms with Gasteiger partial charge in [-0.1, -0.05) is 32.0 Å². The highest BCUT2D eigenvalue weighted by Gasteiger charge is 2.09. The van der Waals surface area contributed by atoms with E-state index in [9.17, 15) is 4.79 Å². The largest absolute Gasteiger partial charge is 0.468 e. The van der Waals surface area contributed by atoms with Gasteiger partial charge in [0.1, 0.15) is 6.54 Å². The number of benzene rings is 1. The van der Waals surface area contributed by atoms with E-state index in [4.69, 9.17) is 4.74 Å². The fourth-order valence-electron chi connectivity index (χ4n) is 2.31. The lowest BCUT2D eigenvalue weighted by Gasteiger charge is -2.11. The molecule has 0 aliphatic heterocycles. The van der Waals surface area contributed by atoms with Crippen LogP contribution in [0.4, 0.5) is 0 Å². The van der Waals surface area contributed by atoms with Crippen molar-refractivity contribution in [2.75, 3.05) is 13.7 Å². The van der Waals surface area contributed by atoms with Crippen LogP contribution in [0.3, 0.4) is 0 Å². The monoisotopic (exact) mass is 274 g/mol. The summed E-state index contributed by atoms with van der Waals surface area (Å²) in [6.45, 7) is 6.41. The minimum absolute atomic E-state index is 0.229. The van der Waals surface area contributed by atoms with Crippen molar-refractivity contribution in [3.8, 4) is 0 Å². The lowest BCUT2D eigenvalue weighted by atomic mass is 10.1. The van der Waals surface area contributed by atoms with Gasteiger partial charge in [-0.25, -0.2) is 0 Å². The van der Waals surface area contributed by atoms with Gasteiger partial charge in [0.05, 0.1) is 12.6 Å². The van der Waals surface area contributed by atoms with E-state index < -0.39 is 0 Å². The molecule has 1 aromatic heterocycles. The molecule has 0 bridgehead atoms. The fourth-order valence-corrected chi connectivity index (χ4v) is 2.31. The number of carbonyl (C=O) groups excluding carboxylic acids is 1. The molecule has 2 aromatic rings. The molecule has 0 unspecified atom stereocenters. The molecule has 0 fully saturated rings. The number of rotatable bonds is 6. The van der Waals surface area contributed by atoms with Crippen LogP contribution in [-0.4, -0.2) is 24.2 Å². The van der Waals surface area contributed by atoms with Crippen molar-refractivity contribution in [1.82, 2.24) is 9.88 Å². The van der Waals surface area contributed by atoms with Crippen LogP contribution in [0.5, 0.6) is 0 Å². The second-order valence-electron chi connectivity index (χ2n) is 5.40. The first-order valence-corrected chi connectivity index (χ1v) is 6.96. The molecular weight excluding hydrogens is 252 g/mol. The first-order valence-electron chi connectivity index (χ1n) is 6.96. The molecule has 0 atom stereocenters. The Labute approximate surface area is 119 Å².